The van der Waals surface area contributed by atoms with Crippen molar-refractivity contribution >= 4 is 56.2 Å². The zero-order chi connectivity index (χ0) is 24.9. The van der Waals surface area contributed by atoms with E-state index in [1.165, 1.54) is 17.3 Å². The van der Waals surface area contributed by atoms with Crippen molar-refractivity contribution < 1.29 is 14.3 Å². The van der Waals surface area contributed by atoms with Crippen LogP contribution in [-0.2, 0) is 17.9 Å². The number of thioether (sulfide) groups is 1. The summed E-state index contributed by atoms with van der Waals surface area (Å²) in [6.45, 7) is 2.69. The van der Waals surface area contributed by atoms with Gasteiger partial charge in [0.15, 0.2) is 11.5 Å². The summed E-state index contributed by atoms with van der Waals surface area (Å²) in [6, 6.07) is 21.1. The molecule has 4 rings (SSSR count). The fourth-order valence-electron chi connectivity index (χ4n) is 3.50. The maximum absolute atomic E-state index is 13.1. The molecule has 0 aliphatic carbocycles. The molecule has 1 aliphatic rings. The summed E-state index contributed by atoms with van der Waals surface area (Å²) in [5.74, 6) is 0.917. The number of hydrogen-bond donors (Lipinski definition) is 0. The van der Waals surface area contributed by atoms with E-state index in [-0.39, 0.29) is 12.5 Å². The second-order valence-electron chi connectivity index (χ2n) is 7.84. The Labute approximate surface area is 222 Å². The van der Waals surface area contributed by atoms with E-state index in [9.17, 15) is 10.1 Å². The number of rotatable bonds is 7. The van der Waals surface area contributed by atoms with Crippen LogP contribution in [0.4, 0.5) is 0 Å². The second-order valence-corrected chi connectivity index (χ2v) is 10.4. The summed E-state index contributed by atoms with van der Waals surface area (Å²) >= 11 is 10.4. The van der Waals surface area contributed by atoms with Crippen molar-refractivity contribution in [2.45, 2.75) is 20.1 Å². The molecule has 0 atom stereocenters. The number of aryl methyl sites for hydroxylation is 1. The summed E-state index contributed by atoms with van der Waals surface area (Å²) in [7, 11) is 1.56. The zero-order valence-electron chi connectivity index (χ0n) is 19.1. The number of hydrogen-bond acceptors (Lipinski definition) is 6. The fourth-order valence-corrected chi connectivity index (χ4v) is 5.18. The van der Waals surface area contributed by atoms with E-state index in [0.717, 1.165) is 21.2 Å². The number of nitriles is 1. The summed E-state index contributed by atoms with van der Waals surface area (Å²) in [5.41, 5.74) is 4.31. The molecule has 0 saturated carbocycles. The molecule has 176 valence electrons. The summed E-state index contributed by atoms with van der Waals surface area (Å²) in [6.07, 6.45) is 1.80. The molecular weight excluding hydrogens is 544 g/mol. The number of methoxy groups -OCH3 is 1. The molecule has 5 nitrogen and oxygen atoms in total. The number of nitrogens with zero attached hydrogens (tertiary/aromatic N) is 2. The van der Waals surface area contributed by atoms with Crippen LogP contribution in [0.25, 0.3) is 6.08 Å². The van der Waals surface area contributed by atoms with Crippen molar-refractivity contribution in [3.63, 3.8) is 0 Å². The van der Waals surface area contributed by atoms with Crippen molar-refractivity contribution in [3.8, 4) is 17.6 Å². The molecule has 3 aromatic rings. The monoisotopic (exact) mass is 564 g/mol. The summed E-state index contributed by atoms with van der Waals surface area (Å²) in [5, 5.41) is 9.30. The molecule has 35 heavy (non-hydrogen) atoms. The van der Waals surface area contributed by atoms with E-state index < -0.39 is 0 Å². The number of amides is 1. The van der Waals surface area contributed by atoms with Crippen LogP contribution in [0, 0.1) is 18.3 Å². The maximum atomic E-state index is 13.1. The van der Waals surface area contributed by atoms with Gasteiger partial charge in [-0.3, -0.25) is 9.69 Å². The van der Waals surface area contributed by atoms with E-state index in [4.69, 9.17) is 21.7 Å². The minimum Gasteiger partial charge on any atom is -0.493 e. The molecule has 1 saturated heterocycles. The van der Waals surface area contributed by atoms with Gasteiger partial charge in [-0.15, -0.1) is 0 Å². The third kappa shape index (κ3) is 5.76. The third-order valence-electron chi connectivity index (χ3n) is 5.43. The van der Waals surface area contributed by atoms with Crippen molar-refractivity contribution in [1.82, 2.24) is 4.90 Å². The molecule has 8 heteroatoms. The van der Waals surface area contributed by atoms with Gasteiger partial charge in [-0.1, -0.05) is 87.9 Å². The van der Waals surface area contributed by atoms with Gasteiger partial charge in [-0.2, -0.15) is 5.26 Å². The molecule has 0 bridgehead atoms. The Kier molecular flexibility index (Phi) is 7.91. The maximum Gasteiger partial charge on any atom is 0.266 e. The third-order valence-corrected chi connectivity index (χ3v) is 7.49. The van der Waals surface area contributed by atoms with Crippen molar-refractivity contribution in [3.05, 3.63) is 97.9 Å². The Hall–Kier alpha value is -3.12. The molecule has 1 heterocycles. The second kappa shape index (κ2) is 11.1. The average molecular weight is 566 g/mol. The Bertz CT molecular complexity index is 1360. The Morgan fingerprint density at radius 3 is 2.60 bits per heavy atom. The standard InChI is InChI=1S/C27H21BrN2O3S2/c1-17-7-9-18(10-8-17)15-30-26(31)25(35-27(30)34)12-21-11-23(32-2)24(13-22(21)28)33-16-20-6-4-3-5-19(20)14-29/h3-13H,15-16H2,1-2H3/b25-12-. The zero-order valence-corrected chi connectivity index (χ0v) is 22.3. The van der Waals surface area contributed by atoms with Gasteiger partial charge in [0.05, 0.1) is 30.2 Å². The van der Waals surface area contributed by atoms with Crippen LogP contribution in [-0.4, -0.2) is 22.2 Å². The van der Waals surface area contributed by atoms with Crippen molar-refractivity contribution in [2.24, 2.45) is 0 Å². The van der Waals surface area contributed by atoms with Gasteiger partial charge < -0.3 is 9.47 Å². The van der Waals surface area contributed by atoms with Gasteiger partial charge in [0.2, 0.25) is 0 Å². The van der Waals surface area contributed by atoms with Crippen LogP contribution in [0.2, 0.25) is 0 Å². The van der Waals surface area contributed by atoms with E-state index in [1.807, 2.05) is 55.5 Å². The largest absolute Gasteiger partial charge is 0.493 e. The van der Waals surface area contributed by atoms with Crippen LogP contribution < -0.4 is 9.47 Å². The van der Waals surface area contributed by atoms with Gasteiger partial charge >= 0.3 is 0 Å². The van der Waals surface area contributed by atoms with Crippen LogP contribution >= 0.6 is 39.9 Å². The molecular formula is C27H21BrN2O3S2. The first kappa shape index (κ1) is 25.0. The number of carbonyl (C=O) groups is 1. The molecule has 0 unspecified atom stereocenters. The molecule has 1 amide bonds. The van der Waals surface area contributed by atoms with Crippen LogP contribution in [0.5, 0.6) is 11.5 Å². The lowest BCUT2D eigenvalue weighted by Crippen LogP contribution is -2.27. The first-order valence-corrected chi connectivity index (χ1v) is 12.7. The first-order chi connectivity index (χ1) is 16.9. The summed E-state index contributed by atoms with van der Waals surface area (Å²) < 4.78 is 12.8. The lowest BCUT2D eigenvalue weighted by Gasteiger charge is -2.15. The highest BCUT2D eigenvalue weighted by atomic mass is 79.9. The predicted octanol–water partition coefficient (Wildman–Crippen LogP) is 6.62. The molecule has 0 aromatic heterocycles. The average Bonchev–Trinajstić information content (AvgIpc) is 3.12. The lowest BCUT2D eigenvalue weighted by molar-refractivity contribution is -0.122. The Morgan fingerprint density at radius 2 is 1.89 bits per heavy atom. The highest BCUT2D eigenvalue weighted by molar-refractivity contribution is 9.10. The first-order valence-electron chi connectivity index (χ1n) is 10.7. The minimum atomic E-state index is -0.125. The van der Waals surface area contributed by atoms with Crippen molar-refractivity contribution in [2.75, 3.05) is 7.11 Å². The SMILES string of the molecule is COc1cc(/C=C2\SC(=S)N(Cc3ccc(C)cc3)C2=O)c(Br)cc1OCc1ccccc1C#N. The summed E-state index contributed by atoms with van der Waals surface area (Å²) in [4.78, 5) is 15.3. The molecule has 0 radical (unpaired) electrons. The van der Waals surface area contributed by atoms with E-state index in [1.54, 1.807) is 30.2 Å². The molecule has 1 fully saturated rings. The fraction of sp³-hybridized carbons (Fsp3) is 0.148. The van der Waals surface area contributed by atoms with Gasteiger partial charge in [0, 0.05) is 10.0 Å². The molecule has 3 aromatic carbocycles. The normalized spacial score (nSPS) is 14.3. The Morgan fingerprint density at radius 1 is 1.14 bits per heavy atom. The van der Waals surface area contributed by atoms with Crippen molar-refractivity contribution in [1.29, 1.82) is 5.26 Å². The lowest BCUT2D eigenvalue weighted by atomic mass is 10.1. The van der Waals surface area contributed by atoms with Crippen LogP contribution in [0.15, 0.2) is 70.0 Å². The molecule has 0 N–H and O–H groups in total. The van der Waals surface area contributed by atoms with Gasteiger partial charge in [0.25, 0.3) is 5.91 Å². The van der Waals surface area contributed by atoms with Crippen LogP contribution in [0.3, 0.4) is 0 Å². The number of thiocarbonyl (C=S) groups is 1. The molecule has 0 spiro atoms. The van der Waals surface area contributed by atoms with E-state index in [0.29, 0.717) is 32.8 Å². The van der Waals surface area contributed by atoms with E-state index in [2.05, 4.69) is 22.0 Å². The number of benzene rings is 3. The highest BCUT2D eigenvalue weighted by Crippen LogP contribution is 2.39. The topological polar surface area (TPSA) is 62.6 Å². The predicted molar refractivity (Wildman–Crippen MR) is 146 cm³/mol. The number of carbonyl (C=O) groups excluding carboxylic acids is 1. The quantitative estimate of drug-likeness (QED) is 0.237. The van der Waals surface area contributed by atoms with Gasteiger partial charge in [-0.05, 0) is 42.3 Å². The molecule has 1 aliphatic heterocycles. The van der Waals surface area contributed by atoms with E-state index >= 15 is 0 Å². The van der Waals surface area contributed by atoms with Gasteiger partial charge in [-0.25, -0.2) is 0 Å². The number of halogens is 1. The van der Waals surface area contributed by atoms with Crippen LogP contribution in [0.1, 0.15) is 27.8 Å². The van der Waals surface area contributed by atoms with Gasteiger partial charge in [0.1, 0.15) is 10.9 Å². The highest BCUT2D eigenvalue weighted by Gasteiger charge is 2.32. The smallest absolute Gasteiger partial charge is 0.266 e. The Balaban J connectivity index is 1.54. The number of ether oxygens (including phenoxy) is 2. The minimum absolute atomic E-state index is 0.125.